The predicted octanol–water partition coefficient (Wildman–Crippen LogP) is 0.292. The minimum Gasteiger partial charge on any atom is -0.387 e. The van der Waals surface area contributed by atoms with Crippen molar-refractivity contribution in [1.82, 2.24) is 0 Å². The molecule has 0 saturated heterocycles. The summed E-state index contributed by atoms with van der Waals surface area (Å²) in [5.41, 5.74) is -1.30. The molecular formula is C18H12N2O12. The van der Waals surface area contributed by atoms with E-state index in [1.54, 1.807) is 0 Å². The quantitative estimate of drug-likeness (QED) is 0.253. The molecule has 0 spiro atoms. The third-order valence-corrected chi connectivity index (χ3v) is 3.80. The fourth-order valence-corrected chi connectivity index (χ4v) is 2.12. The zero-order valence-corrected chi connectivity index (χ0v) is 15.6. The smallest absolute Gasteiger partial charge is 0.346 e. The van der Waals surface area contributed by atoms with Gasteiger partial charge >= 0.3 is 23.9 Å². The van der Waals surface area contributed by atoms with Crippen LogP contribution in [-0.2, 0) is 19.1 Å². The molecule has 0 aliphatic heterocycles. The highest BCUT2D eigenvalue weighted by molar-refractivity contribution is 6.01. The van der Waals surface area contributed by atoms with Gasteiger partial charge < -0.3 is 19.7 Å². The molecule has 166 valence electrons. The van der Waals surface area contributed by atoms with Crippen LogP contribution in [-0.4, -0.2) is 56.1 Å². The van der Waals surface area contributed by atoms with E-state index in [1.807, 2.05) is 0 Å². The van der Waals surface area contributed by atoms with E-state index in [-0.39, 0.29) is 22.5 Å². The summed E-state index contributed by atoms with van der Waals surface area (Å²) in [5, 5.41) is 40.5. The highest BCUT2D eigenvalue weighted by Gasteiger charge is 2.35. The van der Waals surface area contributed by atoms with E-state index < -0.39 is 45.9 Å². The largest absolute Gasteiger partial charge is 0.387 e. The number of aliphatic hydroxyl groups is 2. The Morgan fingerprint density at radius 2 is 0.938 bits per heavy atom. The molecule has 2 N–H and O–H groups in total. The van der Waals surface area contributed by atoms with Gasteiger partial charge in [0.2, 0.25) is 0 Å². The zero-order chi connectivity index (χ0) is 24.0. The summed E-state index contributed by atoms with van der Waals surface area (Å²) in [7, 11) is 0. The number of carbonyl (C=O) groups is 4. The third-order valence-electron chi connectivity index (χ3n) is 3.80. The molecule has 0 aliphatic carbocycles. The van der Waals surface area contributed by atoms with Gasteiger partial charge in [-0.25, -0.2) is 19.2 Å². The van der Waals surface area contributed by atoms with Crippen LogP contribution in [0, 0.1) is 20.2 Å². The molecule has 0 aliphatic rings. The lowest BCUT2D eigenvalue weighted by atomic mass is 10.2. The lowest BCUT2D eigenvalue weighted by molar-refractivity contribution is -0.385. The van der Waals surface area contributed by atoms with Crippen molar-refractivity contribution in [2.75, 3.05) is 0 Å². The Morgan fingerprint density at radius 3 is 1.19 bits per heavy atom. The molecule has 14 heteroatoms. The first-order chi connectivity index (χ1) is 15.0. The summed E-state index contributed by atoms with van der Waals surface area (Å²) >= 11 is 0. The molecule has 0 bridgehead atoms. The predicted molar refractivity (Wildman–Crippen MR) is 99.1 cm³/mol. The van der Waals surface area contributed by atoms with Gasteiger partial charge in [-0.3, -0.25) is 20.2 Å². The van der Waals surface area contributed by atoms with E-state index in [0.29, 0.717) is 0 Å². The number of nitro benzene ring substituents is 2. The monoisotopic (exact) mass is 448 g/mol. The van der Waals surface area contributed by atoms with Gasteiger partial charge in [-0.1, -0.05) is 0 Å². The highest BCUT2D eigenvalue weighted by Crippen LogP contribution is 2.15. The van der Waals surface area contributed by atoms with Gasteiger partial charge in [0.1, 0.15) is 0 Å². The molecule has 0 saturated carbocycles. The topological polar surface area (TPSA) is 213 Å². The fraction of sp³-hybridized carbons (Fsp3) is 0.111. The van der Waals surface area contributed by atoms with Gasteiger partial charge in [0.05, 0.1) is 21.0 Å². The van der Waals surface area contributed by atoms with Gasteiger partial charge in [0.25, 0.3) is 11.4 Å². The number of aliphatic hydroxyl groups excluding tert-OH is 2. The van der Waals surface area contributed by atoms with Crippen molar-refractivity contribution in [2.45, 2.75) is 12.2 Å². The summed E-state index contributed by atoms with van der Waals surface area (Å²) in [6, 6.07) is 7.67. The molecule has 2 unspecified atom stereocenters. The van der Waals surface area contributed by atoms with Crippen LogP contribution in [0.2, 0.25) is 0 Å². The Kier molecular flexibility index (Phi) is 7.39. The molecule has 2 rings (SSSR count). The Morgan fingerprint density at radius 1 is 0.656 bits per heavy atom. The van der Waals surface area contributed by atoms with Crippen LogP contribution in [0.15, 0.2) is 48.5 Å². The zero-order valence-electron chi connectivity index (χ0n) is 15.6. The SMILES string of the molecule is O=C(OC(=O)C(O)C(O)C(=O)OC(=O)c1ccc([N+](=O)[O-])cc1)c1ccc([N+](=O)[O-])cc1. The number of hydrogen-bond acceptors (Lipinski definition) is 12. The summed E-state index contributed by atoms with van der Waals surface area (Å²) in [6.45, 7) is 0. The second kappa shape index (κ2) is 9.96. The van der Waals surface area contributed by atoms with Crippen LogP contribution in [0.3, 0.4) is 0 Å². The van der Waals surface area contributed by atoms with Crippen molar-refractivity contribution in [3.63, 3.8) is 0 Å². The number of esters is 4. The summed E-state index contributed by atoms with van der Waals surface area (Å²) < 4.78 is 8.56. The maximum Gasteiger partial charge on any atom is 0.346 e. The summed E-state index contributed by atoms with van der Waals surface area (Å²) in [5.74, 6) is -6.21. The maximum absolute atomic E-state index is 11.8. The van der Waals surface area contributed by atoms with Gasteiger partial charge in [-0.2, -0.15) is 0 Å². The average molecular weight is 448 g/mol. The van der Waals surface area contributed by atoms with Crippen LogP contribution in [0.25, 0.3) is 0 Å². The van der Waals surface area contributed by atoms with Crippen LogP contribution < -0.4 is 0 Å². The molecule has 0 aromatic heterocycles. The van der Waals surface area contributed by atoms with Crippen LogP contribution >= 0.6 is 0 Å². The number of nitro groups is 2. The van der Waals surface area contributed by atoms with Crippen molar-refractivity contribution in [3.05, 3.63) is 79.9 Å². The number of nitrogens with zero attached hydrogens (tertiary/aromatic N) is 2. The van der Waals surface area contributed by atoms with Crippen molar-refractivity contribution < 1.29 is 48.7 Å². The molecule has 0 fully saturated rings. The lowest BCUT2D eigenvalue weighted by Gasteiger charge is -2.14. The number of hydrogen-bond donors (Lipinski definition) is 2. The van der Waals surface area contributed by atoms with Gasteiger partial charge in [0.15, 0.2) is 12.2 Å². The Balaban J connectivity index is 1.96. The number of rotatable bonds is 7. The number of ether oxygens (including phenoxy) is 2. The third kappa shape index (κ3) is 5.74. The van der Waals surface area contributed by atoms with Crippen molar-refractivity contribution in [3.8, 4) is 0 Å². The van der Waals surface area contributed by atoms with Crippen LogP contribution in [0.5, 0.6) is 0 Å². The van der Waals surface area contributed by atoms with Crippen LogP contribution in [0.4, 0.5) is 11.4 Å². The van der Waals surface area contributed by atoms with Gasteiger partial charge in [0, 0.05) is 24.3 Å². The maximum atomic E-state index is 11.8. The van der Waals surface area contributed by atoms with Crippen molar-refractivity contribution >= 4 is 35.3 Å². The van der Waals surface area contributed by atoms with E-state index in [4.69, 9.17) is 0 Å². The number of carbonyl (C=O) groups excluding carboxylic acids is 4. The number of non-ortho nitro benzene ring substituents is 2. The molecule has 0 heterocycles. The van der Waals surface area contributed by atoms with Crippen molar-refractivity contribution in [2.24, 2.45) is 0 Å². The fourth-order valence-electron chi connectivity index (χ4n) is 2.12. The first-order valence-electron chi connectivity index (χ1n) is 8.38. The number of benzene rings is 2. The Bertz CT molecular complexity index is 991. The van der Waals surface area contributed by atoms with Gasteiger partial charge in [-0.15, -0.1) is 0 Å². The highest BCUT2D eigenvalue weighted by atomic mass is 16.6. The minimum absolute atomic E-state index is 0.304. The van der Waals surface area contributed by atoms with E-state index in [0.717, 1.165) is 48.5 Å². The molecular weight excluding hydrogens is 436 g/mol. The molecule has 2 aromatic rings. The Hall–Kier alpha value is -4.56. The average Bonchev–Trinajstić information content (AvgIpc) is 2.77. The summed E-state index contributed by atoms with van der Waals surface area (Å²) in [6.07, 6.45) is -5.23. The molecule has 2 aromatic carbocycles. The summed E-state index contributed by atoms with van der Waals surface area (Å²) in [4.78, 5) is 67.0. The first-order valence-corrected chi connectivity index (χ1v) is 8.38. The normalized spacial score (nSPS) is 12.2. The second-order valence-corrected chi connectivity index (χ2v) is 5.91. The molecule has 2 atom stereocenters. The molecule has 32 heavy (non-hydrogen) atoms. The van der Waals surface area contributed by atoms with E-state index >= 15 is 0 Å². The van der Waals surface area contributed by atoms with E-state index in [2.05, 4.69) is 9.47 Å². The van der Waals surface area contributed by atoms with E-state index in [1.165, 1.54) is 0 Å². The molecule has 0 radical (unpaired) electrons. The molecule has 0 amide bonds. The van der Waals surface area contributed by atoms with E-state index in [9.17, 15) is 49.6 Å². The van der Waals surface area contributed by atoms with Crippen LogP contribution in [0.1, 0.15) is 20.7 Å². The van der Waals surface area contributed by atoms with Gasteiger partial charge in [-0.05, 0) is 24.3 Å². The standard InChI is InChI=1S/C18H12N2O12/c21-13(17(25)31-15(23)9-1-5-11(6-2-9)19(27)28)14(22)18(26)32-16(24)10-3-7-12(8-4-10)20(29)30/h1-8,13-14,21-22H. The van der Waals surface area contributed by atoms with Crippen molar-refractivity contribution in [1.29, 1.82) is 0 Å². The molecule has 14 nitrogen and oxygen atoms in total. The lowest BCUT2D eigenvalue weighted by Crippen LogP contribution is -2.43. The first kappa shape index (κ1) is 23.7. The minimum atomic E-state index is -2.62. The second-order valence-electron chi connectivity index (χ2n) is 5.91. The Labute approximate surface area is 176 Å².